The predicted molar refractivity (Wildman–Crippen MR) is 94.3 cm³/mol. The largest absolute Gasteiger partial charge is 0.346 e. The summed E-state index contributed by atoms with van der Waals surface area (Å²) in [5.41, 5.74) is 1.35. The zero-order chi connectivity index (χ0) is 16.7. The number of rotatable bonds is 4. The molecule has 2 aliphatic rings. The van der Waals surface area contributed by atoms with Crippen LogP contribution < -0.4 is 5.69 Å². The Kier molecular flexibility index (Phi) is 4.30. The minimum Gasteiger partial charge on any atom is -0.284 e. The van der Waals surface area contributed by atoms with Crippen molar-refractivity contribution in [1.82, 2.24) is 24.2 Å². The number of piperidine rings is 1. The Morgan fingerprint density at radius 3 is 2.71 bits per heavy atom. The monoisotopic (exact) mass is 347 g/mol. The molecule has 0 bridgehead atoms. The molecule has 0 amide bonds. The van der Waals surface area contributed by atoms with E-state index in [0.717, 1.165) is 31.3 Å². The number of hydrogen-bond acceptors (Lipinski definition) is 5. The summed E-state index contributed by atoms with van der Waals surface area (Å²) in [7, 11) is 1.78. The Bertz CT molecular complexity index is 760. The maximum Gasteiger partial charge on any atom is 0.346 e. The Morgan fingerprint density at radius 1 is 1.25 bits per heavy atom. The van der Waals surface area contributed by atoms with Crippen LogP contribution in [0.5, 0.6) is 0 Å². The molecule has 1 aliphatic heterocycles. The van der Waals surface area contributed by atoms with Crippen LogP contribution in [0.1, 0.15) is 40.7 Å². The summed E-state index contributed by atoms with van der Waals surface area (Å²) in [6.45, 7) is 4.56. The summed E-state index contributed by atoms with van der Waals surface area (Å²) >= 11 is 1.94. The second-order valence-corrected chi connectivity index (χ2v) is 8.29. The Hall–Kier alpha value is -1.47. The van der Waals surface area contributed by atoms with Crippen LogP contribution in [0.2, 0.25) is 0 Å². The van der Waals surface area contributed by atoms with Crippen molar-refractivity contribution in [2.45, 2.75) is 52.1 Å². The van der Waals surface area contributed by atoms with Crippen molar-refractivity contribution >= 4 is 11.3 Å². The van der Waals surface area contributed by atoms with Gasteiger partial charge in [-0.25, -0.2) is 9.78 Å². The lowest BCUT2D eigenvalue weighted by atomic mass is 9.94. The second-order valence-electron chi connectivity index (χ2n) is 7.13. The van der Waals surface area contributed by atoms with Gasteiger partial charge >= 0.3 is 5.69 Å². The van der Waals surface area contributed by atoms with Gasteiger partial charge < -0.3 is 0 Å². The molecule has 1 aliphatic carbocycles. The van der Waals surface area contributed by atoms with E-state index in [0.29, 0.717) is 6.67 Å². The summed E-state index contributed by atoms with van der Waals surface area (Å²) in [5.74, 6) is 1.50. The van der Waals surface area contributed by atoms with Gasteiger partial charge in [-0.15, -0.1) is 11.3 Å². The molecule has 0 unspecified atom stereocenters. The molecular formula is C17H25N5OS. The molecule has 0 N–H and O–H groups in total. The summed E-state index contributed by atoms with van der Waals surface area (Å²) in [6.07, 6.45) is 7.22. The third-order valence-corrected chi connectivity index (χ3v) is 6.58. The van der Waals surface area contributed by atoms with Crippen molar-refractivity contribution in [2.24, 2.45) is 13.0 Å². The third kappa shape index (κ3) is 3.07. The van der Waals surface area contributed by atoms with E-state index in [4.69, 9.17) is 4.98 Å². The molecule has 1 fully saturated rings. The summed E-state index contributed by atoms with van der Waals surface area (Å²) in [4.78, 5) is 20.8. The fourth-order valence-corrected chi connectivity index (χ4v) is 5.06. The highest BCUT2D eigenvalue weighted by molar-refractivity contribution is 7.11. The van der Waals surface area contributed by atoms with Crippen LogP contribution in [0.15, 0.2) is 4.79 Å². The molecule has 7 heteroatoms. The molecule has 2 aromatic heterocycles. The molecular weight excluding hydrogens is 322 g/mol. The Balaban J connectivity index is 1.31. The van der Waals surface area contributed by atoms with Gasteiger partial charge in [-0.2, -0.15) is 9.78 Å². The van der Waals surface area contributed by atoms with E-state index >= 15 is 0 Å². The van der Waals surface area contributed by atoms with Crippen molar-refractivity contribution in [1.29, 1.82) is 0 Å². The van der Waals surface area contributed by atoms with Crippen LogP contribution in [-0.2, 0) is 33.0 Å². The highest BCUT2D eigenvalue weighted by Gasteiger charge is 2.23. The van der Waals surface area contributed by atoms with E-state index < -0.39 is 0 Å². The van der Waals surface area contributed by atoms with Gasteiger partial charge in [0.15, 0.2) is 0 Å². The Morgan fingerprint density at radius 2 is 2.04 bits per heavy atom. The minimum atomic E-state index is -0.0214. The number of fused-ring (bicyclic) bond motifs is 1. The molecule has 4 rings (SSSR count). The fraction of sp³-hybridized carbons (Fsp3) is 0.706. The topological polar surface area (TPSA) is 56.0 Å². The van der Waals surface area contributed by atoms with Crippen LogP contribution in [0, 0.1) is 12.8 Å². The van der Waals surface area contributed by atoms with E-state index in [9.17, 15) is 4.79 Å². The van der Waals surface area contributed by atoms with Crippen molar-refractivity contribution in [3.05, 3.63) is 31.9 Å². The van der Waals surface area contributed by atoms with E-state index in [1.807, 2.05) is 18.3 Å². The molecule has 6 nitrogen and oxygen atoms in total. The second kappa shape index (κ2) is 6.44. The van der Waals surface area contributed by atoms with Crippen molar-refractivity contribution in [3.8, 4) is 0 Å². The molecule has 130 valence electrons. The van der Waals surface area contributed by atoms with Crippen LogP contribution in [0.3, 0.4) is 0 Å². The van der Waals surface area contributed by atoms with Crippen molar-refractivity contribution in [3.63, 3.8) is 0 Å². The normalized spacial score (nSPS) is 19.1. The number of nitrogens with zero attached hydrogens (tertiary/aromatic N) is 5. The first kappa shape index (κ1) is 16.0. The van der Waals surface area contributed by atoms with Gasteiger partial charge in [0.2, 0.25) is 0 Å². The van der Waals surface area contributed by atoms with Crippen LogP contribution in [0.4, 0.5) is 0 Å². The van der Waals surface area contributed by atoms with Gasteiger partial charge in [0.25, 0.3) is 0 Å². The average molecular weight is 347 g/mol. The molecule has 3 heterocycles. The lowest BCUT2D eigenvalue weighted by molar-refractivity contribution is 0.138. The zero-order valence-corrected chi connectivity index (χ0v) is 15.3. The molecule has 0 atom stereocenters. The number of aromatic nitrogens is 4. The van der Waals surface area contributed by atoms with E-state index in [1.54, 1.807) is 16.3 Å². The summed E-state index contributed by atoms with van der Waals surface area (Å²) in [6, 6.07) is 0. The van der Waals surface area contributed by atoms with Gasteiger partial charge in [-0.05, 0) is 44.9 Å². The zero-order valence-electron chi connectivity index (χ0n) is 14.5. The van der Waals surface area contributed by atoms with Crippen LogP contribution >= 0.6 is 11.3 Å². The standard InChI is InChI=1S/C17H25N5OS/c1-12-19-22(17(23)20(12)2)11-21-8-6-13(7-9-21)10-16-18-14-4-3-5-15(14)24-16/h13H,3-11H2,1-2H3. The fourth-order valence-electron chi connectivity index (χ4n) is 3.79. The maximum absolute atomic E-state index is 12.1. The molecule has 0 radical (unpaired) electrons. The van der Waals surface area contributed by atoms with Gasteiger partial charge in [0.1, 0.15) is 5.82 Å². The maximum atomic E-state index is 12.1. The van der Waals surface area contributed by atoms with Gasteiger partial charge in [-0.3, -0.25) is 9.47 Å². The minimum absolute atomic E-state index is 0.0214. The van der Waals surface area contributed by atoms with E-state index in [-0.39, 0.29) is 5.69 Å². The van der Waals surface area contributed by atoms with Gasteiger partial charge in [0.05, 0.1) is 17.4 Å². The van der Waals surface area contributed by atoms with Gasteiger partial charge in [-0.1, -0.05) is 0 Å². The highest BCUT2D eigenvalue weighted by Crippen LogP contribution is 2.30. The van der Waals surface area contributed by atoms with E-state index in [2.05, 4.69) is 10.00 Å². The quantitative estimate of drug-likeness (QED) is 0.845. The van der Waals surface area contributed by atoms with Crippen molar-refractivity contribution < 1.29 is 0 Å². The predicted octanol–water partition coefficient (Wildman–Crippen LogP) is 1.75. The number of aryl methyl sites for hydroxylation is 3. The smallest absolute Gasteiger partial charge is 0.284 e. The SMILES string of the molecule is Cc1nn(CN2CCC(Cc3nc4c(s3)CCC4)CC2)c(=O)n1C. The number of thiazole rings is 1. The molecule has 0 saturated carbocycles. The van der Waals surface area contributed by atoms with Crippen LogP contribution in [-0.4, -0.2) is 37.3 Å². The Labute approximate surface area is 146 Å². The lowest BCUT2D eigenvalue weighted by Crippen LogP contribution is -2.39. The molecule has 0 spiro atoms. The molecule has 2 aromatic rings. The van der Waals surface area contributed by atoms with Gasteiger partial charge in [0, 0.05) is 31.4 Å². The third-order valence-electron chi connectivity index (χ3n) is 5.40. The first-order valence-electron chi connectivity index (χ1n) is 8.90. The molecule has 1 saturated heterocycles. The first-order chi connectivity index (χ1) is 11.6. The molecule has 0 aromatic carbocycles. The summed E-state index contributed by atoms with van der Waals surface area (Å²) < 4.78 is 3.19. The highest BCUT2D eigenvalue weighted by atomic mass is 32.1. The number of likely N-dealkylation sites (tertiary alicyclic amines) is 1. The first-order valence-corrected chi connectivity index (χ1v) is 9.72. The van der Waals surface area contributed by atoms with Crippen LogP contribution in [0.25, 0.3) is 0 Å². The van der Waals surface area contributed by atoms with Crippen molar-refractivity contribution in [2.75, 3.05) is 13.1 Å². The number of hydrogen-bond donors (Lipinski definition) is 0. The lowest BCUT2D eigenvalue weighted by Gasteiger charge is -2.31. The average Bonchev–Trinajstić information content (AvgIpc) is 3.21. The van der Waals surface area contributed by atoms with E-state index in [1.165, 1.54) is 47.7 Å². The summed E-state index contributed by atoms with van der Waals surface area (Å²) in [5, 5.41) is 5.68. The molecule has 24 heavy (non-hydrogen) atoms.